The normalized spacial score (nSPS) is 36.7. The Labute approximate surface area is 295 Å². The van der Waals surface area contributed by atoms with Crippen LogP contribution in [0.1, 0.15) is 70.9 Å². The Hall–Kier alpha value is -2.28. The Morgan fingerprint density at radius 1 is 1.00 bits per heavy atom. The number of ether oxygens (including phenoxy) is 7. The molecule has 50 heavy (non-hydrogen) atoms. The number of carbonyl (C=O) groups excluding carboxylic acids is 2. The summed E-state index contributed by atoms with van der Waals surface area (Å²) < 4.78 is 39.9. The van der Waals surface area contributed by atoms with E-state index in [9.17, 15) is 14.7 Å². The van der Waals surface area contributed by atoms with Crippen LogP contribution in [0.5, 0.6) is 11.5 Å². The van der Waals surface area contributed by atoms with Crippen molar-refractivity contribution < 1.29 is 47.9 Å². The smallest absolute Gasteiger partial charge is 0.481 e. The van der Waals surface area contributed by atoms with E-state index in [0.29, 0.717) is 57.2 Å². The number of likely N-dealkylation sites (tertiary alicyclic amines) is 1. The predicted molar refractivity (Wildman–Crippen MR) is 181 cm³/mol. The highest BCUT2D eigenvalue weighted by Crippen LogP contribution is 2.95. The summed E-state index contributed by atoms with van der Waals surface area (Å²) in [6, 6.07) is 4.27. The molecule has 0 amide bonds. The molecular formula is C39H55NO10. The number of benzene rings is 1. The summed E-state index contributed by atoms with van der Waals surface area (Å²) in [7, 11) is 1.63. The number of aliphatic hydroxyl groups is 1. The van der Waals surface area contributed by atoms with E-state index in [-0.39, 0.29) is 35.9 Å². The number of fused-ring (bicyclic) bond motifs is 1. The third kappa shape index (κ3) is 4.55. The van der Waals surface area contributed by atoms with E-state index < -0.39 is 28.2 Å². The minimum Gasteiger partial charge on any atom is -0.481 e. The number of nitrogens with zero attached hydrogens (tertiary/aromatic N) is 1. The first kappa shape index (κ1) is 34.8. The van der Waals surface area contributed by atoms with Crippen molar-refractivity contribution in [3.8, 4) is 11.5 Å². The van der Waals surface area contributed by atoms with Gasteiger partial charge in [-0.1, -0.05) is 26.8 Å². The lowest BCUT2D eigenvalue weighted by molar-refractivity contribution is -0.211. The molecule has 6 fully saturated rings. The highest BCUT2D eigenvalue weighted by molar-refractivity contribution is 5.82. The number of rotatable bonds is 17. The van der Waals surface area contributed by atoms with E-state index in [4.69, 9.17) is 33.2 Å². The molecule has 3 spiro atoms. The van der Waals surface area contributed by atoms with Gasteiger partial charge < -0.3 is 43.1 Å². The number of aldehydes is 1. The van der Waals surface area contributed by atoms with E-state index in [2.05, 4.69) is 31.7 Å². The monoisotopic (exact) mass is 697 g/mol. The van der Waals surface area contributed by atoms with Crippen molar-refractivity contribution in [2.24, 2.45) is 34.0 Å². The van der Waals surface area contributed by atoms with Crippen molar-refractivity contribution in [2.75, 3.05) is 73.1 Å². The van der Waals surface area contributed by atoms with Gasteiger partial charge in [-0.05, 0) is 75.0 Å². The molecular weight excluding hydrogens is 642 g/mol. The van der Waals surface area contributed by atoms with E-state index in [0.717, 1.165) is 56.5 Å². The van der Waals surface area contributed by atoms with Gasteiger partial charge in [0, 0.05) is 47.9 Å². The van der Waals surface area contributed by atoms with Crippen LogP contribution in [0.4, 0.5) is 4.79 Å². The number of hydrogen-bond acceptors (Lipinski definition) is 11. The summed E-state index contributed by atoms with van der Waals surface area (Å²) in [5, 5.41) is 12.4. The first-order chi connectivity index (χ1) is 23.9. The lowest BCUT2D eigenvalue weighted by atomic mass is 9.38. The zero-order valence-corrected chi connectivity index (χ0v) is 30.4. The average Bonchev–Trinajstić information content (AvgIpc) is 3.94. The van der Waals surface area contributed by atoms with E-state index in [1.807, 2.05) is 13.0 Å². The van der Waals surface area contributed by atoms with Crippen molar-refractivity contribution in [1.82, 2.24) is 4.90 Å². The largest absolute Gasteiger partial charge is 0.514 e. The molecule has 1 aromatic rings. The Kier molecular flexibility index (Phi) is 8.44. The topological polar surface area (TPSA) is 122 Å². The second-order valence-corrected chi connectivity index (χ2v) is 17.2. The summed E-state index contributed by atoms with van der Waals surface area (Å²) in [5.74, 6) is 1.47. The van der Waals surface area contributed by atoms with Gasteiger partial charge in [0.15, 0.2) is 11.5 Å². The molecule has 1 N–H and O–H groups in total. The summed E-state index contributed by atoms with van der Waals surface area (Å²) >= 11 is 0. The fourth-order valence-electron chi connectivity index (χ4n) is 11.8. The van der Waals surface area contributed by atoms with Crippen molar-refractivity contribution in [2.45, 2.75) is 88.9 Å². The number of carbonyl (C=O) groups is 2. The zero-order valence-electron chi connectivity index (χ0n) is 30.4. The van der Waals surface area contributed by atoms with Gasteiger partial charge in [0.2, 0.25) is 0 Å². The highest BCUT2D eigenvalue weighted by atomic mass is 16.7. The number of piperidine rings is 1. The summed E-state index contributed by atoms with van der Waals surface area (Å²) in [5.41, 5.74) is -1.19. The average molecular weight is 698 g/mol. The fourth-order valence-corrected chi connectivity index (χ4v) is 11.8. The Morgan fingerprint density at radius 2 is 1.68 bits per heavy atom. The molecule has 2 aliphatic heterocycles. The summed E-state index contributed by atoms with van der Waals surface area (Å²) in [4.78, 5) is 29.4. The molecule has 8 aliphatic rings. The van der Waals surface area contributed by atoms with Gasteiger partial charge in [-0.2, -0.15) is 0 Å². The van der Waals surface area contributed by atoms with Crippen LogP contribution in [-0.2, 0) is 40.3 Å². The predicted octanol–water partition coefficient (Wildman–Crippen LogP) is 4.33. The molecule has 276 valence electrons. The highest BCUT2D eigenvalue weighted by Gasteiger charge is 3.02. The van der Waals surface area contributed by atoms with Crippen LogP contribution < -0.4 is 9.47 Å². The first-order valence-corrected chi connectivity index (χ1v) is 18.8. The third-order valence-electron chi connectivity index (χ3n) is 14.4. The maximum atomic E-state index is 13.6. The van der Waals surface area contributed by atoms with E-state index >= 15 is 0 Å². The molecule has 8 unspecified atom stereocenters. The van der Waals surface area contributed by atoms with Crippen LogP contribution >= 0.6 is 0 Å². The van der Waals surface area contributed by atoms with Crippen LogP contribution in [0.2, 0.25) is 0 Å². The van der Waals surface area contributed by atoms with Gasteiger partial charge in [0.25, 0.3) is 0 Å². The quantitative estimate of drug-likeness (QED) is 0.108. The summed E-state index contributed by atoms with van der Waals surface area (Å²) in [6.07, 6.45) is 6.48. The summed E-state index contributed by atoms with van der Waals surface area (Å²) in [6.45, 7) is 13.3. The van der Waals surface area contributed by atoms with E-state index in [1.54, 1.807) is 7.11 Å². The van der Waals surface area contributed by atoms with Gasteiger partial charge in [-0.25, -0.2) is 4.79 Å². The maximum Gasteiger partial charge on any atom is 0.514 e. The maximum absolute atomic E-state index is 13.6. The SMILES string of the molecule is COCCOCCOCCOCCOC(=O)Oc1ccc2c3c1OC14C5CC6(CC(C(C)(O)C(C)(C)C)C51C=O)C(C2)N(CC1CC1)CCC364. The zero-order chi connectivity index (χ0) is 35.2. The molecule has 0 aromatic heterocycles. The van der Waals surface area contributed by atoms with Crippen LogP contribution in [0, 0.1) is 34.0 Å². The second kappa shape index (κ2) is 12.1. The Bertz CT molecular complexity index is 1500. The van der Waals surface area contributed by atoms with Gasteiger partial charge in [-0.15, -0.1) is 0 Å². The lowest BCUT2D eigenvalue weighted by Gasteiger charge is -2.68. The number of hydrogen-bond donors (Lipinski definition) is 1. The van der Waals surface area contributed by atoms with E-state index in [1.165, 1.54) is 18.4 Å². The minimum absolute atomic E-state index is 0.00548. The molecule has 9 rings (SSSR count). The lowest BCUT2D eigenvalue weighted by Crippen LogP contribution is -2.75. The van der Waals surface area contributed by atoms with Gasteiger partial charge in [0.05, 0.1) is 57.3 Å². The molecule has 0 radical (unpaired) electrons. The van der Waals surface area contributed by atoms with Crippen molar-refractivity contribution >= 4 is 12.4 Å². The molecule has 6 aliphatic carbocycles. The molecule has 1 aromatic carbocycles. The van der Waals surface area contributed by atoms with Gasteiger partial charge in [-0.3, -0.25) is 4.90 Å². The van der Waals surface area contributed by atoms with Crippen molar-refractivity contribution in [3.63, 3.8) is 0 Å². The molecule has 11 nitrogen and oxygen atoms in total. The molecule has 6 bridgehead atoms. The number of methoxy groups -OCH3 is 1. The first-order valence-electron chi connectivity index (χ1n) is 18.8. The minimum atomic E-state index is -1.09. The molecule has 11 heteroatoms. The van der Waals surface area contributed by atoms with Gasteiger partial charge >= 0.3 is 6.16 Å². The second-order valence-electron chi connectivity index (χ2n) is 17.2. The van der Waals surface area contributed by atoms with Gasteiger partial charge in [0.1, 0.15) is 18.5 Å². The van der Waals surface area contributed by atoms with Crippen LogP contribution in [-0.4, -0.2) is 113 Å². The van der Waals surface area contributed by atoms with Crippen molar-refractivity contribution in [3.05, 3.63) is 23.3 Å². The van der Waals surface area contributed by atoms with Crippen LogP contribution in [0.15, 0.2) is 12.1 Å². The Morgan fingerprint density at radius 3 is 2.32 bits per heavy atom. The Balaban J connectivity index is 1.01. The standard InChI is InChI=1S/C39H55NO10/c1-34(2,3)35(4,43)28-21-36-22-29-37(28,24-41)39(29)38(36)10-11-40(23-25-6-7-25)30(36)20-26-8-9-27(32(50-39)31(26)38)49-33(42)48-19-18-47-17-16-46-15-14-45-13-12-44-5/h8-9,24-25,28-30,43H,6-7,10-23H2,1-5H3. The molecule has 1 saturated heterocycles. The fraction of sp³-hybridized carbons (Fsp3) is 0.795. The van der Waals surface area contributed by atoms with Crippen LogP contribution in [0.3, 0.4) is 0 Å². The van der Waals surface area contributed by atoms with Crippen LogP contribution in [0.25, 0.3) is 0 Å². The molecule has 2 heterocycles. The molecule has 5 saturated carbocycles. The van der Waals surface area contributed by atoms with Crippen molar-refractivity contribution in [1.29, 1.82) is 0 Å². The molecule has 8 atom stereocenters. The third-order valence-corrected chi connectivity index (χ3v) is 14.4.